The summed E-state index contributed by atoms with van der Waals surface area (Å²) >= 11 is 3.59. The molecule has 3 N–H and O–H groups in total. The number of fused-ring (bicyclic) bond motifs is 1. The summed E-state index contributed by atoms with van der Waals surface area (Å²) in [5, 5.41) is 3.64. The number of nitrogens with zero attached hydrogens (tertiary/aromatic N) is 1. The largest absolute Gasteiger partial charge is 0.381 e. The number of halogens is 1. The van der Waals surface area contributed by atoms with E-state index in [0.717, 1.165) is 34.2 Å². The zero-order valence-electron chi connectivity index (χ0n) is 12.5. The molecule has 2 heterocycles. The minimum Gasteiger partial charge on any atom is -0.381 e. The van der Waals surface area contributed by atoms with Gasteiger partial charge in [0.05, 0.1) is 16.7 Å². The molecule has 114 valence electrons. The van der Waals surface area contributed by atoms with Crippen LogP contribution in [0.25, 0.3) is 11.0 Å². The van der Waals surface area contributed by atoms with E-state index in [1.54, 1.807) is 0 Å². The van der Waals surface area contributed by atoms with E-state index in [2.05, 4.69) is 57.0 Å². The first kappa shape index (κ1) is 14.7. The molecule has 0 amide bonds. The van der Waals surface area contributed by atoms with Gasteiger partial charge in [0.15, 0.2) is 0 Å². The van der Waals surface area contributed by atoms with Crippen molar-refractivity contribution in [2.75, 3.05) is 18.9 Å². The molecule has 3 atom stereocenters. The quantitative estimate of drug-likeness (QED) is 0.778. The van der Waals surface area contributed by atoms with Crippen LogP contribution in [0.2, 0.25) is 0 Å². The Kier molecular flexibility index (Phi) is 3.84. The first-order valence-electron chi connectivity index (χ1n) is 7.32. The summed E-state index contributed by atoms with van der Waals surface area (Å²) < 4.78 is 0.976. The van der Waals surface area contributed by atoms with Crippen LogP contribution in [0, 0.1) is 5.92 Å². The first-order valence-corrected chi connectivity index (χ1v) is 8.11. The maximum atomic E-state index is 11.4. The number of hydrogen-bond donors (Lipinski definition) is 3. The van der Waals surface area contributed by atoms with Crippen LogP contribution in [0.1, 0.15) is 20.3 Å². The molecule has 0 radical (unpaired) electrons. The Labute approximate surface area is 132 Å². The molecule has 1 aliphatic heterocycles. The normalized spacial score (nSPS) is 27.1. The van der Waals surface area contributed by atoms with Crippen LogP contribution < -0.4 is 11.0 Å². The third-order valence-electron chi connectivity index (χ3n) is 4.55. The molecule has 1 aliphatic rings. The number of aromatic nitrogens is 2. The van der Waals surface area contributed by atoms with Gasteiger partial charge in [-0.25, -0.2) is 4.79 Å². The van der Waals surface area contributed by atoms with Crippen molar-refractivity contribution in [1.29, 1.82) is 0 Å². The fourth-order valence-electron chi connectivity index (χ4n) is 3.11. The van der Waals surface area contributed by atoms with Crippen molar-refractivity contribution in [1.82, 2.24) is 14.9 Å². The number of rotatable bonds is 2. The summed E-state index contributed by atoms with van der Waals surface area (Å²) in [6.45, 7) is 5.65. The van der Waals surface area contributed by atoms with Crippen LogP contribution in [-0.2, 0) is 0 Å². The predicted molar refractivity (Wildman–Crippen MR) is 89.9 cm³/mol. The molecule has 3 rings (SSSR count). The highest BCUT2D eigenvalue weighted by atomic mass is 79.9. The van der Waals surface area contributed by atoms with Crippen LogP contribution in [0.3, 0.4) is 0 Å². The molecule has 1 saturated heterocycles. The summed E-state index contributed by atoms with van der Waals surface area (Å²) in [5.41, 5.74) is 2.52. The van der Waals surface area contributed by atoms with E-state index in [-0.39, 0.29) is 5.69 Å². The Balaban J connectivity index is 1.87. The average molecular weight is 353 g/mol. The SMILES string of the molecule is CC1CN(C)C(C)CC1Nc1cc2[nH]c(=O)[nH]c2cc1Br. The lowest BCUT2D eigenvalue weighted by Crippen LogP contribution is -2.48. The fraction of sp³-hybridized carbons (Fsp3) is 0.533. The van der Waals surface area contributed by atoms with Crippen molar-refractivity contribution in [2.45, 2.75) is 32.4 Å². The van der Waals surface area contributed by atoms with Crippen LogP contribution >= 0.6 is 15.9 Å². The lowest BCUT2D eigenvalue weighted by Gasteiger charge is -2.40. The highest BCUT2D eigenvalue weighted by molar-refractivity contribution is 9.10. The third kappa shape index (κ3) is 2.87. The molecule has 0 saturated carbocycles. The number of anilines is 1. The Hall–Kier alpha value is -1.27. The zero-order chi connectivity index (χ0) is 15.1. The van der Waals surface area contributed by atoms with E-state index in [1.165, 1.54) is 0 Å². The molecule has 0 spiro atoms. The van der Waals surface area contributed by atoms with Gasteiger partial charge < -0.3 is 20.2 Å². The van der Waals surface area contributed by atoms with Crippen molar-refractivity contribution < 1.29 is 0 Å². The smallest absolute Gasteiger partial charge is 0.323 e. The van der Waals surface area contributed by atoms with E-state index >= 15 is 0 Å². The van der Waals surface area contributed by atoms with Gasteiger partial charge in [0, 0.05) is 23.1 Å². The second kappa shape index (κ2) is 5.50. The molecule has 1 aromatic carbocycles. The topological polar surface area (TPSA) is 63.9 Å². The maximum absolute atomic E-state index is 11.4. The summed E-state index contributed by atoms with van der Waals surface area (Å²) in [7, 11) is 2.18. The molecule has 3 unspecified atom stereocenters. The van der Waals surface area contributed by atoms with E-state index in [1.807, 2.05) is 12.1 Å². The summed E-state index contributed by atoms with van der Waals surface area (Å²) in [6, 6.07) is 4.95. The Morgan fingerprint density at radius 3 is 2.67 bits per heavy atom. The van der Waals surface area contributed by atoms with Gasteiger partial charge in [-0.3, -0.25) is 0 Å². The van der Waals surface area contributed by atoms with Gasteiger partial charge in [0.25, 0.3) is 0 Å². The monoisotopic (exact) mass is 352 g/mol. The third-order valence-corrected chi connectivity index (χ3v) is 5.21. The van der Waals surface area contributed by atoms with Gasteiger partial charge in [-0.15, -0.1) is 0 Å². The number of imidazole rings is 1. The molecule has 1 fully saturated rings. The highest BCUT2D eigenvalue weighted by Crippen LogP contribution is 2.30. The van der Waals surface area contributed by atoms with E-state index < -0.39 is 0 Å². The molecule has 21 heavy (non-hydrogen) atoms. The second-order valence-electron chi connectivity index (χ2n) is 6.21. The fourth-order valence-corrected chi connectivity index (χ4v) is 3.57. The lowest BCUT2D eigenvalue weighted by molar-refractivity contribution is 0.145. The zero-order valence-corrected chi connectivity index (χ0v) is 14.1. The van der Waals surface area contributed by atoms with Crippen LogP contribution in [0.5, 0.6) is 0 Å². The molecule has 5 nitrogen and oxygen atoms in total. The number of likely N-dealkylation sites (tertiary alicyclic amines) is 1. The van der Waals surface area contributed by atoms with Crippen molar-refractivity contribution in [2.24, 2.45) is 5.92 Å². The Morgan fingerprint density at radius 2 is 1.95 bits per heavy atom. The van der Waals surface area contributed by atoms with Crippen LogP contribution in [0.15, 0.2) is 21.4 Å². The van der Waals surface area contributed by atoms with Gasteiger partial charge in [0.1, 0.15) is 0 Å². The average Bonchev–Trinajstić information content (AvgIpc) is 2.75. The van der Waals surface area contributed by atoms with E-state index in [0.29, 0.717) is 18.0 Å². The molecule has 6 heteroatoms. The van der Waals surface area contributed by atoms with Crippen LogP contribution in [0.4, 0.5) is 5.69 Å². The number of hydrogen-bond acceptors (Lipinski definition) is 3. The number of nitrogens with one attached hydrogen (secondary N) is 3. The summed E-state index contributed by atoms with van der Waals surface area (Å²) in [5.74, 6) is 0.582. The lowest BCUT2D eigenvalue weighted by atomic mass is 9.89. The van der Waals surface area contributed by atoms with E-state index in [4.69, 9.17) is 0 Å². The highest BCUT2D eigenvalue weighted by Gasteiger charge is 2.29. The summed E-state index contributed by atoms with van der Waals surface area (Å²) in [4.78, 5) is 19.4. The number of H-pyrrole nitrogens is 2. The summed E-state index contributed by atoms with van der Waals surface area (Å²) in [6.07, 6.45) is 1.12. The van der Waals surface area contributed by atoms with Gasteiger partial charge in [0.2, 0.25) is 0 Å². The van der Waals surface area contributed by atoms with Gasteiger partial charge in [-0.2, -0.15) is 0 Å². The van der Waals surface area contributed by atoms with Gasteiger partial charge in [-0.1, -0.05) is 6.92 Å². The van der Waals surface area contributed by atoms with Crippen molar-refractivity contribution in [3.63, 3.8) is 0 Å². The predicted octanol–water partition coefficient (Wildman–Crippen LogP) is 2.76. The molecular weight excluding hydrogens is 332 g/mol. The van der Waals surface area contributed by atoms with Gasteiger partial charge in [-0.05, 0) is 54.4 Å². The molecule has 1 aromatic heterocycles. The number of benzene rings is 1. The van der Waals surface area contributed by atoms with Crippen molar-refractivity contribution >= 4 is 32.7 Å². The first-order chi connectivity index (χ1) is 9.94. The van der Waals surface area contributed by atoms with Gasteiger partial charge >= 0.3 is 5.69 Å². The van der Waals surface area contributed by atoms with Crippen LogP contribution in [-0.4, -0.2) is 40.5 Å². The molecular formula is C15H21BrN4O. The van der Waals surface area contributed by atoms with E-state index in [9.17, 15) is 4.79 Å². The number of piperidine rings is 1. The second-order valence-corrected chi connectivity index (χ2v) is 7.06. The van der Waals surface area contributed by atoms with Crippen molar-refractivity contribution in [3.8, 4) is 0 Å². The van der Waals surface area contributed by atoms with Crippen molar-refractivity contribution in [3.05, 3.63) is 27.1 Å². The number of aromatic amines is 2. The maximum Gasteiger partial charge on any atom is 0.323 e. The molecule has 0 bridgehead atoms. The standard InChI is InChI=1S/C15H21BrN4O/c1-8-7-20(3)9(2)4-11(8)17-12-6-14-13(5-10(12)16)18-15(21)19-14/h5-6,8-9,11,17H,4,7H2,1-3H3,(H2,18,19,21). The minimum atomic E-state index is -0.171. The molecule has 0 aliphatic carbocycles. The minimum absolute atomic E-state index is 0.171. The molecule has 2 aromatic rings. The Morgan fingerprint density at radius 1 is 1.29 bits per heavy atom. The Bertz CT molecular complexity index is 707.